The van der Waals surface area contributed by atoms with Gasteiger partial charge < -0.3 is 14.8 Å². The molecule has 3 rings (SSSR count). The zero-order chi connectivity index (χ0) is 19.1. The quantitative estimate of drug-likeness (QED) is 0.688. The molecule has 0 radical (unpaired) electrons. The molecule has 5 heteroatoms. The third-order valence-corrected chi connectivity index (χ3v) is 4.37. The predicted octanol–water partition coefficient (Wildman–Crippen LogP) is 4.06. The summed E-state index contributed by atoms with van der Waals surface area (Å²) in [6.07, 6.45) is 4.05. The molecule has 5 nitrogen and oxygen atoms in total. The zero-order valence-corrected chi connectivity index (χ0v) is 15.4. The number of ether oxygens (including phenoxy) is 2. The molecular formula is C22H22N2O3. The molecule has 0 saturated carbocycles. The molecule has 1 atom stereocenters. The maximum atomic E-state index is 13.2. The fraction of sp³-hybridized carbons (Fsp3) is 0.182. The maximum Gasteiger partial charge on any atom is 0.232 e. The topological polar surface area (TPSA) is 60.5 Å². The van der Waals surface area contributed by atoms with Gasteiger partial charge in [0.25, 0.3) is 0 Å². The monoisotopic (exact) mass is 362 g/mol. The molecule has 0 spiro atoms. The van der Waals surface area contributed by atoms with Crippen LogP contribution in [0.2, 0.25) is 0 Å². The van der Waals surface area contributed by atoms with Crippen molar-refractivity contribution in [3.8, 4) is 11.5 Å². The summed E-state index contributed by atoms with van der Waals surface area (Å²) < 4.78 is 10.6. The Labute approximate surface area is 159 Å². The van der Waals surface area contributed by atoms with Crippen LogP contribution >= 0.6 is 0 Å². The van der Waals surface area contributed by atoms with Gasteiger partial charge in [0.15, 0.2) is 0 Å². The highest BCUT2D eigenvalue weighted by Gasteiger charge is 2.22. The third kappa shape index (κ3) is 4.64. The Hall–Kier alpha value is -3.34. The minimum absolute atomic E-state index is 0.107. The van der Waals surface area contributed by atoms with E-state index in [4.69, 9.17) is 9.47 Å². The zero-order valence-electron chi connectivity index (χ0n) is 15.4. The number of carbonyl (C=O) groups excluding carboxylic acids is 1. The molecular weight excluding hydrogens is 340 g/mol. The largest absolute Gasteiger partial charge is 0.497 e. The second-order valence-electron chi connectivity index (χ2n) is 6.08. The molecule has 1 unspecified atom stereocenters. The lowest BCUT2D eigenvalue weighted by molar-refractivity contribution is -0.117. The first-order chi connectivity index (χ1) is 13.2. The van der Waals surface area contributed by atoms with Crippen LogP contribution in [0.1, 0.15) is 17.0 Å². The number of hydrogen-bond donors (Lipinski definition) is 1. The van der Waals surface area contributed by atoms with Crippen LogP contribution in [0.5, 0.6) is 11.5 Å². The van der Waals surface area contributed by atoms with Crippen molar-refractivity contribution in [2.75, 3.05) is 19.5 Å². The van der Waals surface area contributed by atoms with Crippen molar-refractivity contribution in [1.29, 1.82) is 0 Å². The second kappa shape index (κ2) is 8.85. The lowest BCUT2D eigenvalue weighted by atomic mass is 9.91. The van der Waals surface area contributed by atoms with E-state index < -0.39 is 0 Å². The van der Waals surface area contributed by atoms with E-state index in [0.29, 0.717) is 23.6 Å². The van der Waals surface area contributed by atoms with E-state index in [1.165, 1.54) is 0 Å². The summed E-state index contributed by atoms with van der Waals surface area (Å²) in [7, 11) is 3.16. The highest BCUT2D eigenvalue weighted by molar-refractivity contribution is 5.97. The van der Waals surface area contributed by atoms with Crippen LogP contribution in [0.25, 0.3) is 0 Å². The second-order valence-corrected chi connectivity index (χ2v) is 6.08. The molecule has 0 aliphatic heterocycles. The van der Waals surface area contributed by atoms with Crippen molar-refractivity contribution >= 4 is 11.6 Å². The number of hydrogen-bond acceptors (Lipinski definition) is 4. The Morgan fingerprint density at radius 2 is 1.74 bits per heavy atom. The molecule has 1 N–H and O–H groups in total. The molecule has 2 aromatic carbocycles. The molecule has 1 amide bonds. The number of benzene rings is 2. The van der Waals surface area contributed by atoms with Crippen molar-refractivity contribution < 1.29 is 14.3 Å². The van der Waals surface area contributed by atoms with Gasteiger partial charge in [-0.1, -0.05) is 30.3 Å². The van der Waals surface area contributed by atoms with Gasteiger partial charge in [-0.3, -0.25) is 9.78 Å². The average Bonchev–Trinajstić information content (AvgIpc) is 2.73. The summed E-state index contributed by atoms with van der Waals surface area (Å²) in [6, 6.07) is 18.9. The molecule has 3 aromatic rings. The molecule has 0 fully saturated rings. The fourth-order valence-electron chi connectivity index (χ4n) is 2.93. The van der Waals surface area contributed by atoms with E-state index >= 15 is 0 Å². The third-order valence-electron chi connectivity index (χ3n) is 4.37. The Morgan fingerprint density at radius 3 is 2.41 bits per heavy atom. The number of pyridine rings is 1. The van der Waals surface area contributed by atoms with Crippen molar-refractivity contribution in [1.82, 2.24) is 4.98 Å². The van der Waals surface area contributed by atoms with Gasteiger partial charge in [-0.2, -0.15) is 0 Å². The van der Waals surface area contributed by atoms with Gasteiger partial charge >= 0.3 is 0 Å². The van der Waals surface area contributed by atoms with Gasteiger partial charge in [0.05, 0.1) is 25.8 Å². The first-order valence-electron chi connectivity index (χ1n) is 8.68. The predicted molar refractivity (Wildman–Crippen MR) is 105 cm³/mol. The molecule has 0 aliphatic rings. The summed E-state index contributed by atoms with van der Waals surface area (Å²) >= 11 is 0. The summed E-state index contributed by atoms with van der Waals surface area (Å²) in [5.74, 6) is 0.783. The first-order valence-corrected chi connectivity index (χ1v) is 8.68. The van der Waals surface area contributed by atoms with Crippen LogP contribution < -0.4 is 14.8 Å². The van der Waals surface area contributed by atoms with Crippen molar-refractivity contribution in [3.05, 3.63) is 84.2 Å². The smallest absolute Gasteiger partial charge is 0.232 e. The maximum absolute atomic E-state index is 13.2. The Bertz CT molecular complexity index is 883. The van der Waals surface area contributed by atoms with Gasteiger partial charge in [-0.15, -0.1) is 0 Å². The standard InChI is InChI=1S/C22H22N2O3/c1-26-18-8-9-21(27-2)20(15-18)24-22(25)19(17-6-4-3-5-7-17)14-16-10-12-23-13-11-16/h3-13,15,19H,14H2,1-2H3,(H,24,25). The molecule has 0 bridgehead atoms. The number of anilines is 1. The lowest BCUT2D eigenvalue weighted by Crippen LogP contribution is -2.23. The van der Waals surface area contributed by atoms with E-state index in [2.05, 4.69) is 10.3 Å². The summed E-state index contributed by atoms with van der Waals surface area (Å²) in [4.78, 5) is 17.2. The average molecular weight is 362 g/mol. The number of nitrogens with zero attached hydrogens (tertiary/aromatic N) is 1. The fourth-order valence-corrected chi connectivity index (χ4v) is 2.93. The summed E-state index contributed by atoms with van der Waals surface area (Å²) in [5.41, 5.74) is 2.58. The Morgan fingerprint density at radius 1 is 1.00 bits per heavy atom. The van der Waals surface area contributed by atoms with Crippen LogP contribution in [-0.2, 0) is 11.2 Å². The van der Waals surface area contributed by atoms with Gasteiger partial charge in [0.1, 0.15) is 11.5 Å². The van der Waals surface area contributed by atoms with Crippen LogP contribution in [-0.4, -0.2) is 25.1 Å². The molecule has 0 saturated heterocycles. The molecule has 1 aromatic heterocycles. The number of methoxy groups -OCH3 is 2. The van der Waals surface area contributed by atoms with E-state index in [1.807, 2.05) is 42.5 Å². The van der Waals surface area contributed by atoms with E-state index in [0.717, 1.165) is 11.1 Å². The number of nitrogens with one attached hydrogen (secondary N) is 1. The van der Waals surface area contributed by atoms with Crippen molar-refractivity contribution in [2.45, 2.75) is 12.3 Å². The number of amides is 1. The van der Waals surface area contributed by atoms with Crippen molar-refractivity contribution in [3.63, 3.8) is 0 Å². The molecule has 0 aliphatic carbocycles. The van der Waals surface area contributed by atoms with Crippen LogP contribution in [0, 0.1) is 0 Å². The van der Waals surface area contributed by atoms with E-state index in [1.54, 1.807) is 44.8 Å². The van der Waals surface area contributed by atoms with E-state index in [-0.39, 0.29) is 11.8 Å². The van der Waals surface area contributed by atoms with Gasteiger partial charge in [0, 0.05) is 18.5 Å². The first kappa shape index (κ1) is 18.5. The normalized spacial score (nSPS) is 11.5. The Balaban J connectivity index is 1.89. The highest BCUT2D eigenvalue weighted by atomic mass is 16.5. The SMILES string of the molecule is COc1ccc(OC)c(NC(=O)C(Cc2ccncc2)c2ccccc2)c1. The minimum atomic E-state index is -0.343. The van der Waals surface area contributed by atoms with Gasteiger partial charge in [-0.25, -0.2) is 0 Å². The van der Waals surface area contributed by atoms with E-state index in [9.17, 15) is 4.79 Å². The lowest BCUT2D eigenvalue weighted by Gasteiger charge is -2.19. The van der Waals surface area contributed by atoms with Gasteiger partial charge in [-0.05, 0) is 41.8 Å². The van der Waals surface area contributed by atoms with Crippen molar-refractivity contribution in [2.24, 2.45) is 0 Å². The highest BCUT2D eigenvalue weighted by Crippen LogP contribution is 2.31. The molecule has 27 heavy (non-hydrogen) atoms. The molecule has 138 valence electrons. The van der Waals surface area contributed by atoms with Crippen LogP contribution in [0.3, 0.4) is 0 Å². The number of carbonyl (C=O) groups is 1. The molecule has 1 heterocycles. The van der Waals surface area contributed by atoms with Gasteiger partial charge in [0.2, 0.25) is 5.91 Å². The number of rotatable bonds is 7. The summed E-state index contributed by atoms with van der Waals surface area (Å²) in [6.45, 7) is 0. The minimum Gasteiger partial charge on any atom is -0.497 e. The summed E-state index contributed by atoms with van der Waals surface area (Å²) in [5, 5.41) is 3.00. The van der Waals surface area contributed by atoms with Crippen LogP contribution in [0.15, 0.2) is 73.1 Å². The Kier molecular flexibility index (Phi) is 6.05. The number of aromatic nitrogens is 1. The van der Waals surface area contributed by atoms with Crippen LogP contribution in [0.4, 0.5) is 5.69 Å².